The van der Waals surface area contributed by atoms with Crippen molar-refractivity contribution in [1.29, 1.82) is 0 Å². The highest BCUT2D eigenvalue weighted by Gasteiger charge is 2.25. The predicted octanol–water partition coefficient (Wildman–Crippen LogP) is 1.90. The van der Waals surface area contributed by atoms with Crippen molar-refractivity contribution in [3.63, 3.8) is 0 Å². The van der Waals surface area contributed by atoms with Gasteiger partial charge in [-0.2, -0.15) is 0 Å². The maximum atomic E-state index is 11.3. The van der Waals surface area contributed by atoms with Gasteiger partial charge >= 0.3 is 11.9 Å². The Hall–Kier alpha value is -1.18. The standard InChI is InChI=1S/C16H31NO6/c1-22-11-7-3-5-9-13(15(18)19)17-14(16(20)21)10-6-4-8-12-23-2/h13-14,17H,3-12H2,1-2H3,(H,18,19)(H,20,21). The molecular formula is C16H31NO6. The highest BCUT2D eigenvalue weighted by Crippen LogP contribution is 2.09. The number of hydrogen-bond acceptors (Lipinski definition) is 5. The molecule has 0 spiro atoms. The van der Waals surface area contributed by atoms with Gasteiger partial charge in [0.2, 0.25) is 0 Å². The Morgan fingerprint density at radius 1 is 0.783 bits per heavy atom. The number of unbranched alkanes of at least 4 members (excludes halogenated alkanes) is 4. The molecule has 0 amide bonds. The molecule has 0 fully saturated rings. The van der Waals surface area contributed by atoms with E-state index in [9.17, 15) is 19.8 Å². The van der Waals surface area contributed by atoms with Crippen LogP contribution in [0.4, 0.5) is 0 Å². The van der Waals surface area contributed by atoms with Crippen LogP contribution in [0.5, 0.6) is 0 Å². The van der Waals surface area contributed by atoms with Crippen LogP contribution in [0.25, 0.3) is 0 Å². The molecular weight excluding hydrogens is 302 g/mol. The van der Waals surface area contributed by atoms with E-state index < -0.39 is 24.0 Å². The molecule has 0 saturated carbocycles. The normalized spacial score (nSPS) is 13.7. The second kappa shape index (κ2) is 14.4. The molecule has 2 atom stereocenters. The first-order valence-corrected chi connectivity index (χ1v) is 8.22. The van der Waals surface area contributed by atoms with E-state index in [1.165, 1.54) is 0 Å². The van der Waals surface area contributed by atoms with Crippen LogP contribution in [0.1, 0.15) is 51.4 Å². The van der Waals surface area contributed by atoms with E-state index in [1.807, 2.05) is 0 Å². The van der Waals surface area contributed by atoms with E-state index in [4.69, 9.17) is 9.47 Å². The van der Waals surface area contributed by atoms with Crippen molar-refractivity contribution >= 4 is 11.9 Å². The fourth-order valence-corrected chi connectivity index (χ4v) is 2.34. The summed E-state index contributed by atoms with van der Waals surface area (Å²) in [5.41, 5.74) is 0. The van der Waals surface area contributed by atoms with Gasteiger partial charge in [-0.1, -0.05) is 25.7 Å². The van der Waals surface area contributed by atoms with Gasteiger partial charge in [-0.05, 0) is 25.7 Å². The van der Waals surface area contributed by atoms with Crippen LogP contribution in [0.2, 0.25) is 0 Å². The average Bonchev–Trinajstić information content (AvgIpc) is 2.51. The Morgan fingerprint density at radius 2 is 1.17 bits per heavy atom. The number of aliphatic carboxylic acids is 2. The molecule has 7 heteroatoms. The maximum Gasteiger partial charge on any atom is 0.320 e. The molecule has 0 bridgehead atoms. The van der Waals surface area contributed by atoms with E-state index in [-0.39, 0.29) is 0 Å². The Morgan fingerprint density at radius 3 is 1.48 bits per heavy atom. The maximum absolute atomic E-state index is 11.3. The summed E-state index contributed by atoms with van der Waals surface area (Å²) in [4.78, 5) is 22.6. The fourth-order valence-electron chi connectivity index (χ4n) is 2.34. The van der Waals surface area contributed by atoms with E-state index in [0.29, 0.717) is 26.1 Å². The largest absolute Gasteiger partial charge is 0.480 e. The van der Waals surface area contributed by atoms with E-state index in [0.717, 1.165) is 38.5 Å². The van der Waals surface area contributed by atoms with E-state index in [1.54, 1.807) is 14.2 Å². The number of hydrogen-bond donors (Lipinski definition) is 3. The van der Waals surface area contributed by atoms with Gasteiger partial charge < -0.3 is 19.7 Å². The Bertz CT molecular complexity index is 294. The van der Waals surface area contributed by atoms with E-state index in [2.05, 4.69) is 5.32 Å². The number of carboxylic acid groups (broad SMARTS) is 2. The van der Waals surface area contributed by atoms with Crippen LogP contribution in [0, 0.1) is 0 Å². The first-order valence-electron chi connectivity index (χ1n) is 8.22. The van der Waals surface area contributed by atoms with Gasteiger partial charge in [0.15, 0.2) is 0 Å². The molecule has 0 aromatic rings. The lowest BCUT2D eigenvalue weighted by Crippen LogP contribution is -2.47. The third-order valence-electron chi connectivity index (χ3n) is 3.68. The predicted molar refractivity (Wildman–Crippen MR) is 86.7 cm³/mol. The minimum absolute atomic E-state index is 0.423. The quantitative estimate of drug-likeness (QED) is 0.370. The van der Waals surface area contributed by atoms with Crippen molar-refractivity contribution in [2.24, 2.45) is 0 Å². The number of carbonyl (C=O) groups is 2. The second-order valence-electron chi connectivity index (χ2n) is 5.63. The summed E-state index contributed by atoms with van der Waals surface area (Å²) in [6, 6.07) is -1.64. The van der Waals surface area contributed by atoms with Crippen molar-refractivity contribution in [1.82, 2.24) is 5.32 Å². The molecule has 3 N–H and O–H groups in total. The number of ether oxygens (including phenoxy) is 2. The third-order valence-corrected chi connectivity index (χ3v) is 3.68. The minimum Gasteiger partial charge on any atom is -0.480 e. The van der Waals surface area contributed by atoms with Crippen molar-refractivity contribution in [3.8, 4) is 0 Å². The molecule has 0 aromatic heterocycles. The molecule has 0 aliphatic rings. The summed E-state index contributed by atoms with van der Waals surface area (Å²) in [7, 11) is 3.26. The SMILES string of the molecule is COCCCCCC(NC(CCCCCOC)C(=O)O)C(=O)O. The minimum atomic E-state index is -0.998. The van der Waals surface area contributed by atoms with Crippen LogP contribution >= 0.6 is 0 Å². The van der Waals surface area contributed by atoms with Gasteiger partial charge in [0.25, 0.3) is 0 Å². The zero-order valence-corrected chi connectivity index (χ0v) is 14.3. The molecule has 23 heavy (non-hydrogen) atoms. The highest BCUT2D eigenvalue weighted by molar-refractivity contribution is 5.77. The zero-order valence-electron chi connectivity index (χ0n) is 14.3. The third kappa shape index (κ3) is 12.0. The molecule has 0 radical (unpaired) electrons. The van der Waals surface area contributed by atoms with Crippen LogP contribution in [0.15, 0.2) is 0 Å². The van der Waals surface area contributed by atoms with Gasteiger partial charge in [-0.15, -0.1) is 0 Å². The average molecular weight is 333 g/mol. The lowest BCUT2D eigenvalue weighted by Gasteiger charge is -2.20. The topological polar surface area (TPSA) is 105 Å². The number of nitrogens with one attached hydrogen (secondary N) is 1. The van der Waals surface area contributed by atoms with Crippen LogP contribution < -0.4 is 5.32 Å². The summed E-state index contributed by atoms with van der Waals surface area (Å²) < 4.78 is 9.89. The molecule has 7 nitrogen and oxygen atoms in total. The van der Waals surface area contributed by atoms with Gasteiger partial charge in [0.05, 0.1) is 0 Å². The van der Waals surface area contributed by atoms with E-state index >= 15 is 0 Å². The summed E-state index contributed by atoms with van der Waals surface area (Å²) in [5, 5.41) is 21.3. The molecule has 2 unspecified atom stereocenters. The van der Waals surface area contributed by atoms with Crippen molar-refractivity contribution in [3.05, 3.63) is 0 Å². The first-order chi connectivity index (χ1) is 11.0. The zero-order chi connectivity index (χ0) is 17.5. The van der Waals surface area contributed by atoms with Gasteiger partial charge in [-0.25, -0.2) is 0 Å². The van der Waals surface area contributed by atoms with Crippen molar-refractivity contribution in [2.75, 3.05) is 27.4 Å². The van der Waals surface area contributed by atoms with Gasteiger partial charge in [0, 0.05) is 27.4 Å². The molecule has 136 valence electrons. The second-order valence-corrected chi connectivity index (χ2v) is 5.63. The molecule has 0 saturated heterocycles. The molecule has 0 rings (SSSR count). The first kappa shape index (κ1) is 21.8. The summed E-state index contributed by atoms with van der Waals surface area (Å²) in [6.07, 6.45) is 5.80. The Balaban J connectivity index is 4.19. The Kier molecular flexibility index (Phi) is 13.7. The van der Waals surface area contributed by atoms with Crippen LogP contribution in [-0.4, -0.2) is 61.7 Å². The van der Waals surface area contributed by atoms with Crippen LogP contribution in [0.3, 0.4) is 0 Å². The van der Waals surface area contributed by atoms with Crippen molar-refractivity contribution in [2.45, 2.75) is 63.5 Å². The summed E-state index contributed by atoms with van der Waals surface area (Å²) in [6.45, 7) is 1.31. The lowest BCUT2D eigenvalue weighted by molar-refractivity contribution is -0.142. The lowest BCUT2D eigenvalue weighted by atomic mass is 10.0. The number of carboxylic acids is 2. The van der Waals surface area contributed by atoms with Crippen LogP contribution in [-0.2, 0) is 19.1 Å². The monoisotopic (exact) mass is 333 g/mol. The highest BCUT2D eigenvalue weighted by atomic mass is 16.5. The van der Waals surface area contributed by atoms with Crippen molar-refractivity contribution < 1.29 is 29.3 Å². The number of methoxy groups -OCH3 is 2. The fraction of sp³-hybridized carbons (Fsp3) is 0.875. The number of rotatable bonds is 16. The van der Waals surface area contributed by atoms with Gasteiger partial charge in [0.1, 0.15) is 12.1 Å². The molecule has 0 aliphatic carbocycles. The molecule has 0 heterocycles. The van der Waals surface area contributed by atoms with Gasteiger partial charge in [-0.3, -0.25) is 14.9 Å². The molecule has 0 aliphatic heterocycles. The summed E-state index contributed by atoms with van der Waals surface area (Å²) >= 11 is 0. The molecule has 0 aromatic carbocycles. The smallest absolute Gasteiger partial charge is 0.320 e. The summed E-state index contributed by atoms with van der Waals surface area (Å²) in [5.74, 6) is -2.00. The Labute approximate surface area is 138 Å².